The van der Waals surface area contributed by atoms with Gasteiger partial charge in [-0.3, -0.25) is 4.79 Å². The molecule has 3 N–H and O–H groups in total. The number of aliphatic carboxylic acids is 1. The van der Waals surface area contributed by atoms with Crippen molar-refractivity contribution in [2.24, 2.45) is 17.1 Å². The van der Waals surface area contributed by atoms with Gasteiger partial charge in [-0.25, -0.2) is 0 Å². The molecule has 1 fully saturated rings. The Morgan fingerprint density at radius 2 is 1.95 bits per heavy atom. The lowest BCUT2D eigenvalue weighted by Gasteiger charge is -2.28. The van der Waals surface area contributed by atoms with Crippen molar-refractivity contribution in [2.75, 3.05) is 6.54 Å². The molecule has 2 rings (SSSR count). The fourth-order valence-electron chi connectivity index (χ4n) is 2.74. The van der Waals surface area contributed by atoms with Gasteiger partial charge >= 0.3 is 5.97 Å². The second kappa shape index (κ2) is 5.33. The lowest BCUT2D eigenvalue weighted by atomic mass is 9.77. The van der Waals surface area contributed by atoms with Crippen molar-refractivity contribution in [3.8, 4) is 0 Å². The van der Waals surface area contributed by atoms with Gasteiger partial charge in [0, 0.05) is 6.54 Å². The van der Waals surface area contributed by atoms with Crippen LogP contribution in [0, 0.1) is 11.3 Å². The molecule has 0 bridgehead atoms. The molecule has 0 spiro atoms. The number of carboxylic acid groups (broad SMARTS) is 1. The van der Waals surface area contributed by atoms with Gasteiger partial charge in [-0.2, -0.15) is 0 Å². The van der Waals surface area contributed by atoms with Gasteiger partial charge in [0.05, 0.1) is 5.41 Å². The fourth-order valence-corrected chi connectivity index (χ4v) is 2.74. The third-order valence-corrected chi connectivity index (χ3v) is 4.31. The van der Waals surface area contributed by atoms with Crippen molar-refractivity contribution < 1.29 is 9.90 Å². The maximum absolute atomic E-state index is 11.6. The van der Waals surface area contributed by atoms with Crippen LogP contribution in [0.15, 0.2) is 24.3 Å². The second-order valence-corrected chi connectivity index (χ2v) is 6.01. The van der Waals surface area contributed by atoms with E-state index in [1.54, 1.807) is 0 Å². The Bertz CT molecular complexity index is 448. The summed E-state index contributed by atoms with van der Waals surface area (Å²) >= 11 is 0. The minimum atomic E-state index is -0.765. The Morgan fingerprint density at radius 1 is 1.37 bits per heavy atom. The van der Waals surface area contributed by atoms with E-state index in [2.05, 4.69) is 26.0 Å². The molecule has 3 nitrogen and oxygen atoms in total. The topological polar surface area (TPSA) is 63.3 Å². The van der Waals surface area contributed by atoms with E-state index >= 15 is 0 Å². The first kappa shape index (κ1) is 14.1. The Hall–Kier alpha value is -1.35. The molecule has 0 heterocycles. The Labute approximate surface area is 114 Å². The van der Waals surface area contributed by atoms with Crippen molar-refractivity contribution in [1.29, 1.82) is 0 Å². The first-order chi connectivity index (χ1) is 8.99. The summed E-state index contributed by atoms with van der Waals surface area (Å²) in [6.07, 6.45) is 2.53. The highest BCUT2D eigenvalue weighted by molar-refractivity contribution is 5.76. The molecule has 0 radical (unpaired) electrons. The summed E-state index contributed by atoms with van der Waals surface area (Å²) in [6.45, 7) is 4.53. The highest BCUT2D eigenvalue weighted by atomic mass is 16.4. The van der Waals surface area contributed by atoms with Gasteiger partial charge in [0.1, 0.15) is 0 Å². The smallest absolute Gasteiger partial charge is 0.311 e. The molecular formula is C16H23NO2. The van der Waals surface area contributed by atoms with Crippen LogP contribution in [0.3, 0.4) is 0 Å². The van der Waals surface area contributed by atoms with Gasteiger partial charge in [0.25, 0.3) is 0 Å². The zero-order chi connectivity index (χ0) is 14.0. The molecule has 0 aliphatic heterocycles. The summed E-state index contributed by atoms with van der Waals surface area (Å²) in [5.74, 6) is 0.00133. The number of carbonyl (C=O) groups is 1. The number of rotatable bonds is 6. The number of nitrogens with two attached hydrogens (primary N) is 1. The zero-order valence-corrected chi connectivity index (χ0v) is 11.7. The molecule has 19 heavy (non-hydrogen) atoms. The van der Waals surface area contributed by atoms with E-state index in [4.69, 9.17) is 5.73 Å². The average molecular weight is 261 g/mol. The molecule has 1 saturated carbocycles. The standard InChI is InChI=1S/C16H23NO2/c1-11(2)13-5-3-12(4-6-13)9-16(10-17,15(18)19)14-7-8-14/h3-6,11,14H,7-10,17H2,1-2H3,(H,18,19). The van der Waals surface area contributed by atoms with E-state index in [-0.39, 0.29) is 12.5 Å². The van der Waals surface area contributed by atoms with Crippen LogP contribution in [0.1, 0.15) is 43.7 Å². The van der Waals surface area contributed by atoms with E-state index in [9.17, 15) is 9.90 Å². The minimum absolute atomic E-state index is 0.221. The quantitative estimate of drug-likeness (QED) is 0.827. The lowest BCUT2D eigenvalue weighted by molar-refractivity contribution is -0.149. The lowest BCUT2D eigenvalue weighted by Crippen LogP contribution is -2.42. The number of hydrogen-bond acceptors (Lipinski definition) is 2. The number of benzene rings is 1. The molecule has 0 aromatic heterocycles. The van der Waals surface area contributed by atoms with E-state index in [0.29, 0.717) is 12.3 Å². The van der Waals surface area contributed by atoms with Crippen molar-refractivity contribution in [2.45, 2.75) is 39.0 Å². The van der Waals surface area contributed by atoms with Gasteiger partial charge in [-0.1, -0.05) is 38.1 Å². The Morgan fingerprint density at radius 3 is 2.32 bits per heavy atom. The first-order valence-electron chi connectivity index (χ1n) is 7.02. The highest BCUT2D eigenvalue weighted by Gasteiger charge is 2.50. The van der Waals surface area contributed by atoms with Crippen LogP contribution >= 0.6 is 0 Å². The van der Waals surface area contributed by atoms with Crippen LogP contribution in [-0.4, -0.2) is 17.6 Å². The van der Waals surface area contributed by atoms with Gasteiger partial charge < -0.3 is 10.8 Å². The van der Waals surface area contributed by atoms with Crippen molar-refractivity contribution in [3.63, 3.8) is 0 Å². The second-order valence-electron chi connectivity index (χ2n) is 6.01. The Balaban J connectivity index is 2.19. The molecule has 1 aromatic carbocycles. The third kappa shape index (κ3) is 2.81. The summed E-state index contributed by atoms with van der Waals surface area (Å²) < 4.78 is 0. The largest absolute Gasteiger partial charge is 0.481 e. The molecule has 0 saturated heterocycles. The number of hydrogen-bond donors (Lipinski definition) is 2. The summed E-state index contributed by atoms with van der Waals surface area (Å²) in [5.41, 5.74) is 7.38. The van der Waals surface area contributed by atoms with Crippen LogP contribution in [0.4, 0.5) is 0 Å². The van der Waals surface area contributed by atoms with E-state index in [1.165, 1.54) is 5.56 Å². The van der Waals surface area contributed by atoms with Crippen LogP contribution in [0.2, 0.25) is 0 Å². The first-order valence-corrected chi connectivity index (χ1v) is 7.02. The van der Waals surface area contributed by atoms with E-state index in [0.717, 1.165) is 18.4 Å². The normalized spacial score (nSPS) is 18.3. The molecule has 1 aliphatic carbocycles. The van der Waals surface area contributed by atoms with Crippen LogP contribution in [0.25, 0.3) is 0 Å². The third-order valence-electron chi connectivity index (χ3n) is 4.31. The van der Waals surface area contributed by atoms with Crippen LogP contribution in [0.5, 0.6) is 0 Å². The van der Waals surface area contributed by atoms with Crippen LogP contribution < -0.4 is 5.73 Å². The zero-order valence-electron chi connectivity index (χ0n) is 11.7. The molecule has 1 atom stereocenters. The molecule has 1 unspecified atom stereocenters. The maximum atomic E-state index is 11.6. The molecule has 1 aliphatic rings. The predicted octanol–water partition coefficient (Wildman–Crippen LogP) is 2.79. The van der Waals surface area contributed by atoms with Crippen LogP contribution in [-0.2, 0) is 11.2 Å². The predicted molar refractivity (Wildman–Crippen MR) is 76.1 cm³/mol. The molecule has 3 heteroatoms. The van der Waals surface area contributed by atoms with Crippen molar-refractivity contribution >= 4 is 5.97 Å². The number of carboxylic acids is 1. The summed E-state index contributed by atoms with van der Waals surface area (Å²) in [7, 11) is 0. The monoisotopic (exact) mass is 261 g/mol. The molecule has 0 amide bonds. The van der Waals surface area contributed by atoms with Gasteiger partial charge in [0.2, 0.25) is 0 Å². The fraction of sp³-hybridized carbons (Fsp3) is 0.562. The maximum Gasteiger partial charge on any atom is 0.311 e. The molecule has 104 valence electrons. The van der Waals surface area contributed by atoms with Gasteiger partial charge in [-0.05, 0) is 42.2 Å². The summed E-state index contributed by atoms with van der Waals surface area (Å²) in [4.78, 5) is 11.6. The summed E-state index contributed by atoms with van der Waals surface area (Å²) in [6, 6.07) is 8.28. The van der Waals surface area contributed by atoms with Gasteiger partial charge in [-0.15, -0.1) is 0 Å². The molecule has 1 aromatic rings. The minimum Gasteiger partial charge on any atom is -0.481 e. The SMILES string of the molecule is CC(C)c1ccc(CC(CN)(C(=O)O)C2CC2)cc1. The van der Waals surface area contributed by atoms with E-state index in [1.807, 2.05) is 12.1 Å². The summed E-state index contributed by atoms with van der Waals surface area (Å²) in [5, 5.41) is 9.56. The Kier molecular flexibility index (Phi) is 3.95. The van der Waals surface area contributed by atoms with Gasteiger partial charge in [0.15, 0.2) is 0 Å². The van der Waals surface area contributed by atoms with Crippen molar-refractivity contribution in [3.05, 3.63) is 35.4 Å². The molecular weight excluding hydrogens is 238 g/mol. The van der Waals surface area contributed by atoms with Crippen molar-refractivity contribution in [1.82, 2.24) is 0 Å². The highest BCUT2D eigenvalue weighted by Crippen LogP contribution is 2.47. The van der Waals surface area contributed by atoms with E-state index < -0.39 is 11.4 Å². The average Bonchev–Trinajstić information content (AvgIpc) is 3.20.